The first kappa shape index (κ1) is 10.4. The molecule has 3 nitrogen and oxygen atoms in total. The van der Waals surface area contributed by atoms with Crippen molar-refractivity contribution in [2.24, 2.45) is 7.05 Å². The number of aryl methyl sites for hydroxylation is 4. The average Bonchev–Trinajstić information content (AvgIpc) is 3.41. The molecule has 0 saturated carbocycles. The van der Waals surface area contributed by atoms with Crippen LogP contribution in [-0.2, 0) is 12.5 Å². The van der Waals surface area contributed by atoms with Crippen molar-refractivity contribution in [1.82, 2.24) is 4.98 Å². The van der Waals surface area contributed by atoms with Crippen LogP contribution in [0.3, 0.4) is 0 Å². The first-order valence-electron chi connectivity index (χ1n) is 16.2. The highest BCUT2D eigenvalue weighted by Crippen LogP contribution is 2.52. The number of rotatable bonds is 1. The highest BCUT2D eigenvalue weighted by molar-refractivity contribution is 6.12. The summed E-state index contributed by atoms with van der Waals surface area (Å²) in [5, 5.41) is 0.538. The standard InChI is InChI=1S/C29H27N2O/c1-16-11-12-20-26-28(32-27(20)24(16)23-13-17(2)18(3)15-31(23)6)25-19-9-7-8-10-21(19)29(4,5)22(25)14-30-26/h7-15H,1-6H3/q+1/i2D3,3D3,4D3,5D3. The van der Waals surface area contributed by atoms with Gasteiger partial charge in [0.1, 0.15) is 12.6 Å². The van der Waals surface area contributed by atoms with Crippen LogP contribution < -0.4 is 4.57 Å². The highest BCUT2D eigenvalue weighted by atomic mass is 16.3. The maximum absolute atomic E-state index is 8.47. The molecule has 0 fully saturated rings. The summed E-state index contributed by atoms with van der Waals surface area (Å²) in [6.45, 7) is -9.52. The molecule has 2 aromatic carbocycles. The Morgan fingerprint density at radius 3 is 2.59 bits per heavy atom. The van der Waals surface area contributed by atoms with Gasteiger partial charge in [-0.3, -0.25) is 4.98 Å². The van der Waals surface area contributed by atoms with E-state index in [1.54, 1.807) is 44.3 Å². The summed E-state index contributed by atoms with van der Waals surface area (Å²) < 4.78 is 107. The van der Waals surface area contributed by atoms with E-state index in [1.165, 1.54) is 29.1 Å². The molecule has 3 aromatic heterocycles. The molecule has 0 saturated heterocycles. The molecular weight excluding hydrogens is 392 g/mol. The fraction of sp³-hybridized carbons (Fsp3) is 0.241. The van der Waals surface area contributed by atoms with E-state index in [-0.39, 0.29) is 27.8 Å². The monoisotopic (exact) mass is 431 g/mol. The van der Waals surface area contributed by atoms with Crippen LogP contribution in [0.2, 0.25) is 0 Å². The van der Waals surface area contributed by atoms with Gasteiger partial charge in [0.05, 0.1) is 5.56 Å². The van der Waals surface area contributed by atoms with E-state index in [2.05, 4.69) is 4.98 Å². The molecule has 0 amide bonds. The van der Waals surface area contributed by atoms with Gasteiger partial charge in [0, 0.05) is 50.6 Å². The summed E-state index contributed by atoms with van der Waals surface area (Å²) >= 11 is 0. The molecule has 32 heavy (non-hydrogen) atoms. The van der Waals surface area contributed by atoms with Crippen molar-refractivity contribution in [3.05, 3.63) is 82.7 Å². The zero-order valence-corrected chi connectivity index (χ0v) is 17.5. The van der Waals surface area contributed by atoms with Crippen LogP contribution in [-0.4, -0.2) is 4.98 Å². The van der Waals surface area contributed by atoms with Crippen molar-refractivity contribution < 1.29 is 25.4 Å². The van der Waals surface area contributed by atoms with Crippen LogP contribution in [0.5, 0.6) is 0 Å². The molecule has 158 valence electrons. The van der Waals surface area contributed by atoms with Gasteiger partial charge >= 0.3 is 0 Å². The minimum absolute atomic E-state index is 0.0146. The number of hydrogen-bond donors (Lipinski definition) is 0. The molecule has 6 rings (SSSR count). The Kier molecular flexibility index (Phi) is 2.05. The Balaban J connectivity index is 1.74. The maximum Gasteiger partial charge on any atom is 0.216 e. The molecule has 3 heterocycles. The zero-order chi connectivity index (χ0) is 32.4. The van der Waals surface area contributed by atoms with Crippen molar-refractivity contribution in [3.63, 3.8) is 0 Å². The van der Waals surface area contributed by atoms with Crippen molar-refractivity contribution in [1.29, 1.82) is 0 Å². The first-order chi connectivity index (χ1) is 20.2. The van der Waals surface area contributed by atoms with Crippen molar-refractivity contribution in [3.8, 4) is 22.4 Å². The molecule has 0 atom stereocenters. The number of hydrogen-bond acceptors (Lipinski definition) is 2. The van der Waals surface area contributed by atoms with Gasteiger partial charge in [-0.2, -0.15) is 0 Å². The van der Waals surface area contributed by atoms with E-state index in [0.717, 1.165) is 0 Å². The molecule has 0 N–H and O–H groups in total. The minimum Gasteiger partial charge on any atom is -0.453 e. The van der Waals surface area contributed by atoms with Gasteiger partial charge in [-0.15, -0.1) is 0 Å². The highest BCUT2D eigenvalue weighted by Gasteiger charge is 2.38. The van der Waals surface area contributed by atoms with Gasteiger partial charge < -0.3 is 4.42 Å². The number of furan rings is 1. The number of nitrogens with zero attached hydrogens (tertiary/aromatic N) is 2. The third-order valence-electron chi connectivity index (χ3n) is 6.39. The van der Waals surface area contributed by atoms with Crippen LogP contribution in [0.4, 0.5) is 0 Å². The zero-order valence-electron chi connectivity index (χ0n) is 29.5. The summed E-state index contributed by atoms with van der Waals surface area (Å²) in [6, 6.07) is 11.4. The molecule has 0 unspecified atom stereocenters. The third kappa shape index (κ3) is 2.37. The molecule has 0 radical (unpaired) electrons. The Morgan fingerprint density at radius 2 is 1.78 bits per heavy atom. The van der Waals surface area contributed by atoms with Gasteiger partial charge in [0.25, 0.3) is 0 Å². The second-order valence-electron chi connectivity index (χ2n) is 8.35. The summed E-state index contributed by atoms with van der Waals surface area (Å²) in [5.41, 5.74) is 0.378. The van der Waals surface area contributed by atoms with Crippen molar-refractivity contribution >= 4 is 22.1 Å². The summed E-state index contributed by atoms with van der Waals surface area (Å²) in [6.07, 6.45) is 2.60. The van der Waals surface area contributed by atoms with Crippen LogP contribution in [0, 0.1) is 20.6 Å². The largest absolute Gasteiger partial charge is 0.453 e. The van der Waals surface area contributed by atoms with E-state index in [1.807, 2.05) is 0 Å². The molecule has 0 spiro atoms. The van der Waals surface area contributed by atoms with E-state index >= 15 is 0 Å². The molecule has 0 aliphatic heterocycles. The maximum atomic E-state index is 8.47. The fourth-order valence-electron chi connectivity index (χ4n) is 4.80. The van der Waals surface area contributed by atoms with Gasteiger partial charge in [0.2, 0.25) is 5.69 Å². The quantitative estimate of drug-likeness (QED) is 0.276. The van der Waals surface area contributed by atoms with Gasteiger partial charge in [-0.1, -0.05) is 44.0 Å². The average molecular weight is 432 g/mol. The molecule has 5 aromatic rings. The second-order valence-corrected chi connectivity index (χ2v) is 8.35. The number of benzene rings is 2. The van der Waals surface area contributed by atoms with Gasteiger partial charge in [-0.05, 0) is 54.5 Å². The summed E-state index contributed by atoms with van der Waals surface area (Å²) in [7, 11) is 1.61. The number of fused-ring (bicyclic) bond motifs is 7. The SMILES string of the molecule is [2H]C([2H])([2H])c1cc(-c2c(C)ccc3c2oc2c4c(cnc23)C(C([2H])([2H])[2H])(C([2H])([2H])[2H])c2ccccc2-4)[n+](C)cc1C([2H])([2H])[2H]. The molecule has 0 bridgehead atoms. The van der Waals surface area contributed by atoms with E-state index in [4.69, 9.17) is 20.9 Å². The Labute approximate surface area is 205 Å². The minimum atomic E-state index is -2.97. The van der Waals surface area contributed by atoms with E-state index < -0.39 is 32.8 Å². The summed E-state index contributed by atoms with van der Waals surface area (Å²) in [4.78, 5) is 4.57. The third-order valence-corrected chi connectivity index (χ3v) is 6.39. The lowest BCUT2D eigenvalue weighted by Crippen LogP contribution is -2.31. The van der Waals surface area contributed by atoms with Crippen LogP contribution in [0.25, 0.3) is 44.5 Å². The van der Waals surface area contributed by atoms with E-state index in [9.17, 15) is 0 Å². The smallest absolute Gasteiger partial charge is 0.216 e. The molecular formula is C29H27N2O+. The number of aromatic nitrogens is 2. The van der Waals surface area contributed by atoms with Crippen molar-refractivity contribution in [2.75, 3.05) is 0 Å². The Bertz CT molecular complexity index is 1980. The molecule has 1 aliphatic rings. The van der Waals surface area contributed by atoms with Crippen LogP contribution in [0.15, 0.2) is 59.3 Å². The lowest BCUT2D eigenvalue weighted by atomic mass is 9.83. The number of pyridine rings is 2. The molecule has 1 aliphatic carbocycles. The Hall–Kier alpha value is -3.46. The van der Waals surface area contributed by atoms with Gasteiger partial charge in [-0.25, -0.2) is 4.57 Å². The lowest BCUT2D eigenvalue weighted by molar-refractivity contribution is -0.660. The summed E-state index contributed by atoms with van der Waals surface area (Å²) in [5.74, 6) is 0. The topological polar surface area (TPSA) is 29.9 Å². The Morgan fingerprint density at radius 1 is 0.938 bits per heavy atom. The lowest BCUT2D eigenvalue weighted by Gasteiger charge is -2.20. The van der Waals surface area contributed by atoms with Gasteiger partial charge in [0.15, 0.2) is 17.4 Å². The fourth-order valence-corrected chi connectivity index (χ4v) is 4.80. The van der Waals surface area contributed by atoms with E-state index in [0.29, 0.717) is 44.4 Å². The first-order valence-corrected chi connectivity index (χ1v) is 10.2. The van der Waals surface area contributed by atoms with Crippen LogP contribution >= 0.6 is 0 Å². The predicted molar refractivity (Wildman–Crippen MR) is 130 cm³/mol. The molecule has 3 heteroatoms. The predicted octanol–water partition coefficient (Wildman–Crippen LogP) is 6.70. The van der Waals surface area contributed by atoms with Crippen LogP contribution in [0.1, 0.15) is 58.0 Å². The second kappa shape index (κ2) is 6.29. The normalized spacial score (nSPS) is 21.3. The van der Waals surface area contributed by atoms with Crippen molar-refractivity contribution in [2.45, 2.75) is 39.7 Å².